The number of rotatable bonds is 7. The van der Waals surface area contributed by atoms with Crippen molar-refractivity contribution in [2.24, 2.45) is 0 Å². The van der Waals surface area contributed by atoms with Crippen molar-refractivity contribution in [2.45, 2.75) is 31.7 Å². The van der Waals surface area contributed by atoms with Crippen LogP contribution >= 0.6 is 0 Å². The molecule has 0 aliphatic rings. The molecule has 0 aliphatic heterocycles. The number of hydrogen-bond donors (Lipinski definition) is 2. The second-order valence-electron chi connectivity index (χ2n) is 6.77. The quantitative estimate of drug-likeness (QED) is 0.725. The summed E-state index contributed by atoms with van der Waals surface area (Å²) in [5.41, 5.74) is -1.84. The van der Waals surface area contributed by atoms with E-state index in [1.165, 1.54) is 45.0 Å². The molecule has 1 atom stereocenters. The second-order valence-corrected chi connectivity index (χ2v) is 9.09. The molecule has 0 radical (unpaired) electrons. The molecule has 2 N–H and O–H groups in total. The number of alkyl halides is 1. The van der Waals surface area contributed by atoms with Crippen LogP contribution in [0.15, 0.2) is 42.5 Å². The molecule has 2 rings (SSSR count). The number of carbonyl (C=O) groups is 1. The van der Waals surface area contributed by atoms with Crippen LogP contribution in [0.1, 0.15) is 36.7 Å². The van der Waals surface area contributed by atoms with E-state index in [4.69, 9.17) is 0 Å². The van der Waals surface area contributed by atoms with Crippen LogP contribution < -0.4 is 10.0 Å². The molecule has 5 nitrogen and oxygen atoms in total. The van der Waals surface area contributed by atoms with E-state index in [0.29, 0.717) is 6.07 Å². The van der Waals surface area contributed by atoms with Gasteiger partial charge >= 0.3 is 0 Å². The lowest BCUT2D eigenvalue weighted by molar-refractivity contribution is 0.102. The molecule has 0 spiro atoms. The van der Waals surface area contributed by atoms with Gasteiger partial charge in [-0.25, -0.2) is 26.3 Å². The highest BCUT2D eigenvalue weighted by Gasteiger charge is 2.29. The Balaban J connectivity index is 2.09. The Labute approximate surface area is 162 Å². The van der Waals surface area contributed by atoms with E-state index >= 15 is 0 Å². The third kappa shape index (κ3) is 5.32. The molecule has 28 heavy (non-hydrogen) atoms. The lowest BCUT2D eigenvalue weighted by Gasteiger charge is -2.22. The van der Waals surface area contributed by atoms with Crippen LogP contribution in [0.25, 0.3) is 0 Å². The van der Waals surface area contributed by atoms with Gasteiger partial charge in [0.05, 0.1) is 10.8 Å². The van der Waals surface area contributed by atoms with E-state index < -0.39 is 45.0 Å². The van der Waals surface area contributed by atoms with Gasteiger partial charge in [0.1, 0.15) is 17.3 Å². The predicted molar refractivity (Wildman–Crippen MR) is 101 cm³/mol. The summed E-state index contributed by atoms with van der Waals surface area (Å²) < 4.78 is 67.3. The summed E-state index contributed by atoms with van der Waals surface area (Å²) >= 11 is 0. The van der Waals surface area contributed by atoms with Crippen molar-refractivity contribution in [3.05, 3.63) is 65.2 Å². The first kappa shape index (κ1) is 21.9. The normalized spacial score (nSPS) is 14.0. The zero-order chi connectivity index (χ0) is 21.1. The van der Waals surface area contributed by atoms with Crippen molar-refractivity contribution >= 4 is 21.6 Å². The van der Waals surface area contributed by atoms with Crippen LogP contribution in [0, 0.1) is 11.6 Å². The largest absolute Gasteiger partial charge is 0.322 e. The summed E-state index contributed by atoms with van der Waals surface area (Å²) in [7, 11) is -3.61. The van der Waals surface area contributed by atoms with Gasteiger partial charge in [0.15, 0.2) is 0 Å². The van der Waals surface area contributed by atoms with Gasteiger partial charge in [-0.2, -0.15) is 0 Å². The fourth-order valence-electron chi connectivity index (χ4n) is 2.28. The van der Waals surface area contributed by atoms with Crippen LogP contribution in [-0.2, 0) is 15.7 Å². The van der Waals surface area contributed by atoms with E-state index in [0.717, 1.165) is 12.1 Å². The molecule has 0 aromatic heterocycles. The molecule has 2 aromatic carbocycles. The Hall–Kier alpha value is -2.39. The fraction of sp³-hybridized carbons (Fsp3) is 0.316. The summed E-state index contributed by atoms with van der Waals surface area (Å²) in [5, 5.41) is 1.75. The first-order valence-electron chi connectivity index (χ1n) is 8.47. The third-order valence-electron chi connectivity index (χ3n) is 4.15. The van der Waals surface area contributed by atoms with E-state index in [1.807, 2.05) is 0 Å². The number of anilines is 1. The van der Waals surface area contributed by atoms with E-state index in [9.17, 15) is 26.4 Å². The first-order chi connectivity index (χ1) is 12.9. The van der Waals surface area contributed by atoms with Gasteiger partial charge < -0.3 is 5.32 Å². The molecule has 9 heteroatoms. The molecular weight excluding hydrogens is 393 g/mol. The van der Waals surface area contributed by atoms with E-state index in [-0.39, 0.29) is 16.8 Å². The molecule has 1 amide bonds. The third-order valence-corrected chi connectivity index (χ3v) is 5.93. The number of amides is 1. The molecule has 0 saturated heterocycles. The van der Waals surface area contributed by atoms with Crippen molar-refractivity contribution in [2.75, 3.05) is 11.9 Å². The number of sulfonamides is 1. The molecule has 0 aliphatic carbocycles. The van der Waals surface area contributed by atoms with Crippen LogP contribution in [0.3, 0.4) is 0 Å². The summed E-state index contributed by atoms with van der Waals surface area (Å²) in [6, 6.07) is 8.18. The maximum atomic E-state index is 14.9. The number of nitrogens with one attached hydrogen (secondary N) is 2. The average molecular weight is 414 g/mol. The second kappa shape index (κ2) is 8.32. The summed E-state index contributed by atoms with van der Waals surface area (Å²) in [6.07, 6.45) is 0. The Morgan fingerprint density at radius 3 is 2.25 bits per heavy atom. The van der Waals surface area contributed by atoms with E-state index in [1.54, 1.807) is 0 Å². The predicted octanol–water partition coefficient (Wildman–Crippen LogP) is 3.73. The number of halogens is 3. The minimum atomic E-state index is -3.61. The fourth-order valence-corrected chi connectivity index (χ4v) is 3.08. The molecule has 0 fully saturated rings. The van der Waals surface area contributed by atoms with Gasteiger partial charge in [0.2, 0.25) is 10.0 Å². The molecule has 0 bridgehead atoms. The smallest absolute Gasteiger partial charge is 0.258 e. The Morgan fingerprint density at radius 2 is 1.71 bits per heavy atom. The first-order valence-corrected chi connectivity index (χ1v) is 10.0. The van der Waals surface area contributed by atoms with Gasteiger partial charge in [-0.3, -0.25) is 4.79 Å². The zero-order valence-electron chi connectivity index (χ0n) is 15.6. The van der Waals surface area contributed by atoms with Gasteiger partial charge in [-0.1, -0.05) is 12.1 Å². The average Bonchev–Trinajstić information content (AvgIpc) is 2.60. The van der Waals surface area contributed by atoms with Crippen molar-refractivity contribution in [1.82, 2.24) is 4.72 Å². The number of benzene rings is 2. The van der Waals surface area contributed by atoms with Crippen LogP contribution in [0.2, 0.25) is 0 Å². The van der Waals surface area contributed by atoms with E-state index in [2.05, 4.69) is 10.0 Å². The van der Waals surface area contributed by atoms with Crippen LogP contribution in [0.4, 0.5) is 18.9 Å². The van der Waals surface area contributed by atoms with Crippen molar-refractivity contribution in [1.29, 1.82) is 0 Å². The number of carbonyl (C=O) groups excluding carboxylic acids is 1. The lowest BCUT2D eigenvalue weighted by atomic mass is 9.98. The van der Waals surface area contributed by atoms with Crippen molar-refractivity contribution < 1.29 is 26.4 Å². The highest BCUT2D eigenvalue weighted by molar-refractivity contribution is 7.90. The highest BCUT2D eigenvalue weighted by atomic mass is 32.2. The van der Waals surface area contributed by atoms with Gasteiger partial charge in [0.25, 0.3) is 5.91 Å². The standard InChI is InChI=1S/C19H21F3N2O3S/c1-12(2)28(26,27)23-11-19(3,22)13-4-7-15(8-5-13)24-18(25)16-9-6-14(20)10-17(16)21/h4-10,12,23H,11H2,1-3H3,(H,24,25). The molecular formula is C19H21F3N2O3S. The Morgan fingerprint density at radius 1 is 1.11 bits per heavy atom. The Bertz CT molecular complexity index is 959. The summed E-state index contributed by atoms with van der Waals surface area (Å²) in [6.45, 7) is 3.76. The molecule has 152 valence electrons. The van der Waals surface area contributed by atoms with Crippen LogP contribution in [-0.4, -0.2) is 26.1 Å². The van der Waals surface area contributed by atoms with Gasteiger partial charge in [-0.15, -0.1) is 0 Å². The lowest BCUT2D eigenvalue weighted by Crippen LogP contribution is -2.39. The van der Waals surface area contributed by atoms with Gasteiger partial charge in [-0.05, 0) is 50.6 Å². The summed E-state index contributed by atoms with van der Waals surface area (Å²) in [4.78, 5) is 12.1. The van der Waals surface area contributed by atoms with Crippen LogP contribution in [0.5, 0.6) is 0 Å². The SMILES string of the molecule is CC(C)S(=O)(=O)NCC(C)(F)c1ccc(NC(=O)c2ccc(F)cc2F)cc1. The highest BCUT2D eigenvalue weighted by Crippen LogP contribution is 2.26. The molecule has 1 unspecified atom stereocenters. The maximum absolute atomic E-state index is 14.9. The molecule has 2 aromatic rings. The molecule has 0 heterocycles. The van der Waals surface area contributed by atoms with Crippen molar-refractivity contribution in [3.63, 3.8) is 0 Å². The topological polar surface area (TPSA) is 75.3 Å². The maximum Gasteiger partial charge on any atom is 0.258 e. The number of hydrogen-bond acceptors (Lipinski definition) is 3. The monoisotopic (exact) mass is 414 g/mol. The molecule has 0 saturated carbocycles. The minimum Gasteiger partial charge on any atom is -0.322 e. The van der Waals surface area contributed by atoms with Gasteiger partial charge in [0, 0.05) is 18.3 Å². The zero-order valence-corrected chi connectivity index (χ0v) is 16.4. The minimum absolute atomic E-state index is 0.199. The summed E-state index contributed by atoms with van der Waals surface area (Å²) in [5.74, 6) is -2.57. The van der Waals surface area contributed by atoms with Crippen molar-refractivity contribution in [3.8, 4) is 0 Å². The Kier molecular flexibility index (Phi) is 6.51.